The van der Waals surface area contributed by atoms with E-state index in [0.29, 0.717) is 57.2 Å². The van der Waals surface area contributed by atoms with Gasteiger partial charge in [-0.1, -0.05) is 36.4 Å². The van der Waals surface area contributed by atoms with Crippen LogP contribution in [0.25, 0.3) is 5.57 Å². The number of nitrogen functional groups attached to an aromatic ring is 1. The van der Waals surface area contributed by atoms with Crippen LogP contribution in [0, 0.1) is 23.6 Å². The highest BCUT2D eigenvalue weighted by molar-refractivity contribution is 6.13. The molecular formula is C36H40FN9O2. The summed E-state index contributed by atoms with van der Waals surface area (Å²) in [4.78, 5) is 45.3. The van der Waals surface area contributed by atoms with Gasteiger partial charge in [0.1, 0.15) is 29.5 Å². The van der Waals surface area contributed by atoms with E-state index in [0.717, 1.165) is 23.1 Å². The van der Waals surface area contributed by atoms with E-state index < -0.39 is 11.2 Å². The molecule has 6 rings (SSSR count). The first-order chi connectivity index (χ1) is 23.1. The van der Waals surface area contributed by atoms with Crippen LogP contribution in [-0.2, 0) is 9.59 Å². The van der Waals surface area contributed by atoms with Crippen molar-refractivity contribution in [2.24, 2.45) is 21.1 Å². The van der Waals surface area contributed by atoms with E-state index >= 15 is 0 Å². The standard InChI is InChI=1S/C36H40FN9O2/c1-23-3-8-27(28(37)19-23)32(39)33-29(38)9-10-30(43-33)46-18-14-36(35(46)48)13-17-44(21-36)20-31(47)45-15-11-25(12-16-45)24-4-6-26(7-5-24)34(40)42-22-41-2/h3-11,19,22,39H,12-18,20-21,38H2,1-2H3,(H2,40,41,42)/t36-/m0/s1. The highest BCUT2D eigenvalue weighted by Gasteiger charge is 2.51. The Morgan fingerprint density at radius 1 is 1.10 bits per heavy atom. The zero-order valence-electron chi connectivity index (χ0n) is 27.2. The number of aromatic nitrogens is 1. The number of carbonyl (C=O) groups excluding carboxylic acids is 2. The topological polar surface area (TPSA) is 157 Å². The second kappa shape index (κ2) is 13.5. The molecule has 12 heteroatoms. The van der Waals surface area contributed by atoms with Gasteiger partial charge in [-0.3, -0.25) is 29.8 Å². The van der Waals surface area contributed by atoms with Crippen molar-refractivity contribution in [1.82, 2.24) is 14.8 Å². The molecule has 1 aromatic heterocycles. The number of nitrogens with two attached hydrogens (primary N) is 2. The molecule has 0 radical (unpaired) electrons. The molecule has 0 unspecified atom stereocenters. The van der Waals surface area contributed by atoms with Crippen molar-refractivity contribution in [3.05, 3.63) is 94.4 Å². The van der Waals surface area contributed by atoms with Gasteiger partial charge in [0.25, 0.3) is 0 Å². The number of carbonyl (C=O) groups is 2. The van der Waals surface area contributed by atoms with E-state index in [4.69, 9.17) is 16.9 Å². The van der Waals surface area contributed by atoms with Crippen LogP contribution in [0.1, 0.15) is 47.2 Å². The maximum absolute atomic E-state index is 14.7. The Bertz CT molecular complexity index is 1850. The predicted octanol–water partition coefficient (Wildman–Crippen LogP) is 3.64. The fourth-order valence-electron chi connectivity index (χ4n) is 6.77. The van der Waals surface area contributed by atoms with Gasteiger partial charge in [0.2, 0.25) is 11.8 Å². The number of aliphatic imine (C=N–C) groups is 2. The van der Waals surface area contributed by atoms with Crippen molar-refractivity contribution < 1.29 is 14.0 Å². The number of halogens is 1. The maximum Gasteiger partial charge on any atom is 0.237 e. The lowest BCUT2D eigenvalue weighted by Crippen LogP contribution is -2.43. The van der Waals surface area contributed by atoms with Crippen LogP contribution in [0.15, 0.2) is 70.7 Å². The molecular weight excluding hydrogens is 609 g/mol. The molecule has 0 aliphatic carbocycles. The second-order valence-electron chi connectivity index (χ2n) is 12.7. The van der Waals surface area contributed by atoms with Crippen LogP contribution in [-0.4, -0.2) is 90.8 Å². The molecule has 1 spiro atoms. The molecule has 4 heterocycles. The largest absolute Gasteiger partial charge is 0.397 e. The minimum absolute atomic E-state index is 0.0446. The van der Waals surface area contributed by atoms with Crippen molar-refractivity contribution in [2.75, 3.05) is 56.9 Å². The molecule has 248 valence electrons. The Hall–Kier alpha value is -5.23. The Kier molecular flexibility index (Phi) is 9.18. The smallest absolute Gasteiger partial charge is 0.237 e. The lowest BCUT2D eigenvalue weighted by atomic mass is 9.85. The number of pyridine rings is 1. The molecule has 48 heavy (non-hydrogen) atoms. The zero-order chi connectivity index (χ0) is 34.0. The molecule has 0 saturated carbocycles. The molecule has 1 atom stereocenters. The first kappa shape index (κ1) is 32.7. The molecule has 2 amide bonds. The van der Waals surface area contributed by atoms with Crippen molar-refractivity contribution in [2.45, 2.75) is 26.2 Å². The van der Waals surface area contributed by atoms with Gasteiger partial charge < -0.3 is 16.4 Å². The number of aryl methyl sites for hydroxylation is 1. The lowest BCUT2D eigenvalue weighted by molar-refractivity contribution is -0.132. The van der Waals surface area contributed by atoms with Crippen LogP contribution in [0.4, 0.5) is 15.9 Å². The summed E-state index contributed by atoms with van der Waals surface area (Å²) in [6.45, 7) is 4.82. The summed E-state index contributed by atoms with van der Waals surface area (Å²) >= 11 is 0. The van der Waals surface area contributed by atoms with E-state index in [2.05, 4.69) is 25.9 Å². The summed E-state index contributed by atoms with van der Waals surface area (Å²) in [5.74, 6) is 0.276. The summed E-state index contributed by atoms with van der Waals surface area (Å²) in [5.41, 5.74) is 15.8. The third-order valence-corrected chi connectivity index (χ3v) is 9.55. The van der Waals surface area contributed by atoms with E-state index in [-0.39, 0.29) is 41.0 Å². The number of hydrogen-bond acceptors (Lipinski definition) is 7. The average molecular weight is 650 g/mol. The van der Waals surface area contributed by atoms with E-state index in [1.54, 1.807) is 43.1 Å². The highest BCUT2D eigenvalue weighted by Crippen LogP contribution is 2.42. The van der Waals surface area contributed by atoms with E-state index in [1.807, 2.05) is 29.2 Å². The molecule has 3 aliphatic rings. The predicted molar refractivity (Wildman–Crippen MR) is 187 cm³/mol. The quantitative estimate of drug-likeness (QED) is 0.250. The number of benzene rings is 2. The summed E-state index contributed by atoms with van der Waals surface area (Å²) in [6.07, 6.45) is 5.56. The molecule has 2 aromatic carbocycles. The average Bonchev–Trinajstić information content (AvgIpc) is 3.65. The van der Waals surface area contributed by atoms with Gasteiger partial charge in [-0.2, -0.15) is 0 Å². The van der Waals surface area contributed by atoms with Gasteiger partial charge in [-0.15, -0.1) is 0 Å². The molecule has 3 aromatic rings. The van der Waals surface area contributed by atoms with E-state index in [1.165, 1.54) is 18.0 Å². The van der Waals surface area contributed by atoms with Crippen molar-refractivity contribution in [3.63, 3.8) is 0 Å². The Balaban J connectivity index is 1.06. The van der Waals surface area contributed by atoms with Crippen LogP contribution < -0.4 is 16.4 Å². The Morgan fingerprint density at radius 2 is 1.88 bits per heavy atom. The highest BCUT2D eigenvalue weighted by atomic mass is 19.1. The normalized spacial score (nSPS) is 20.3. The van der Waals surface area contributed by atoms with Crippen LogP contribution in [0.2, 0.25) is 0 Å². The summed E-state index contributed by atoms with van der Waals surface area (Å²) < 4.78 is 14.7. The first-order valence-corrected chi connectivity index (χ1v) is 16.1. The molecule has 3 aliphatic heterocycles. The molecule has 0 bridgehead atoms. The SMILES string of the molecule is CN=CN=C(N)c1ccc(C2=CCN(C(=O)CN3CC[C@]4(CCN(c5ccc(N)c(C(=N)c6ccc(C)cc6F)n5)C4=O)C3)CC2)cc1. The third kappa shape index (κ3) is 6.48. The summed E-state index contributed by atoms with van der Waals surface area (Å²) in [7, 11) is 1.64. The van der Waals surface area contributed by atoms with Crippen LogP contribution >= 0.6 is 0 Å². The maximum atomic E-state index is 14.7. The number of amides is 2. The molecule has 11 nitrogen and oxygen atoms in total. The Morgan fingerprint density at radius 3 is 2.58 bits per heavy atom. The lowest BCUT2D eigenvalue weighted by Gasteiger charge is -2.29. The first-order valence-electron chi connectivity index (χ1n) is 16.1. The fourth-order valence-corrected chi connectivity index (χ4v) is 6.77. The number of nitrogens with one attached hydrogen (secondary N) is 1. The van der Waals surface area contributed by atoms with E-state index in [9.17, 15) is 14.0 Å². The fraction of sp³-hybridized carbons (Fsp3) is 0.333. The van der Waals surface area contributed by atoms with Gasteiger partial charge in [0.05, 0.1) is 23.4 Å². The van der Waals surface area contributed by atoms with Crippen molar-refractivity contribution >= 4 is 46.8 Å². The van der Waals surface area contributed by atoms with Crippen molar-refractivity contribution in [3.8, 4) is 0 Å². The third-order valence-electron chi connectivity index (χ3n) is 9.55. The van der Waals surface area contributed by atoms with Gasteiger partial charge in [0, 0.05) is 44.4 Å². The molecule has 2 saturated heterocycles. The number of anilines is 2. The summed E-state index contributed by atoms with van der Waals surface area (Å²) in [6, 6.07) is 15.8. The Labute approximate surface area is 279 Å². The number of nitrogens with zero attached hydrogens (tertiary/aromatic N) is 6. The zero-order valence-corrected chi connectivity index (χ0v) is 27.2. The summed E-state index contributed by atoms with van der Waals surface area (Å²) in [5, 5.41) is 8.63. The monoisotopic (exact) mass is 649 g/mol. The van der Waals surface area contributed by atoms with Gasteiger partial charge in [-0.25, -0.2) is 14.4 Å². The van der Waals surface area contributed by atoms with Gasteiger partial charge in [-0.05, 0) is 73.7 Å². The second-order valence-corrected chi connectivity index (χ2v) is 12.7. The van der Waals surface area contributed by atoms with Crippen LogP contribution in [0.3, 0.4) is 0 Å². The van der Waals surface area contributed by atoms with Gasteiger partial charge >= 0.3 is 0 Å². The number of amidine groups is 1. The molecule has 5 N–H and O–H groups in total. The van der Waals surface area contributed by atoms with Gasteiger partial charge in [0.15, 0.2) is 0 Å². The van der Waals surface area contributed by atoms with Crippen LogP contribution in [0.5, 0.6) is 0 Å². The van der Waals surface area contributed by atoms with Crippen molar-refractivity contribution in [1.29, 1.82) is 5.41 Å². The minimum Gasteiger partial charge on any atom is -0.397 e. The number of rotatable bonds is 8. The molecule has 2 fully saturated rings. The minimum atomic E-state index is -0.599. The number of likely N-dealkylation sites (tertiary alicyclic amines) is 1. The number of hydrogen-bond donors (Lipinski definition) is 3.